The van der Waals surface area contributed by atoms with E-state index in [0.717, 1.165) is 42.7 Å². The molecule has 34 heavy (non-hydrogen) atoms. The molecular formula is C28H28N4O2. The van der Waals surface area contributed by atoms with Gasteiger partial charge in [0, 0.05) is 25.2 Å². The quantitative estimate of drug-likeness (QED) is 0.483. The van der Waals surface area contributed by atoms with Crippen LogP contribution in [0.1, 0.15) is 39.9 Å². The minimum Gasteiger partial charge on any atom is -0.348 e. The summed E-state index contributed by atoms with van der Waals surface area (Å²) in [7, 11) is 0. The van der Waals surface area contributed by atoms with Gasteiger partial charge in [0.15, 0.2) is 0 Å². The van der Waals surface area contributed by atoms with Gasteiger partial charge in [0.05, 0.1) is 16.6 Å². The topological polar surface area (TPSA) is 67.2 Å². The van der Waals surface area contributed by atoms with E-state index in [4.69, 9.17) is 4.98 Å². The lowest BCUT2D eigenvalue weighted by molar-refractivity contribution is 0.0951. The lowest BCUT2D eigenvalue weighted by Gasteiger charge is -2.22. The van der Waals surface area contributed by atoms with Gasteiger partial charge in [-0.1, -0.05) is 47.5 Å². The molecular weight excluding hydrogens is 424 g/mol. The highest BCUT2D eigenvalue weighted by atomic mass is 16.1. The normalized spacial score (nSPS) is 13.4. The lowest BCUT2D eigenvalue weighted by atomic mass is 10.1. The fraction of sp³-hybridized carbons (Fsp3) is 0.250. The van der Waals surface area contributed by atoms with E-state index in [9.17, 15) is 9.59 Å². The Bertz CT molecular complexity index is 1400. The van der Waals surface area contributed by atoms with Crippen LogP contribution in [0.3, 0.4) is 0 Å². The summed E-state index contributed by atoms with van der Waals surface area (Å²) in [5.41, 5.74) is 5.06. The number of fused-ring (bicyclic) bond motifs is 1. The minimum absolute atomic E-state index is 0.123. The van der Waals surface area contributed by atoms with Gasteiger partial charge in [-0.3, -0.25) is 9.59 Å². The molecule has 0 unspecified atom stereocenters. The molecule has 1 fully saturated rings. The second kappa shape index (κ2) is 9.14. The van der Waals surface area contributed by atoms with Crippen molar-refractivity contribution < 1.29 is 4.79 Å². The Kier molecular flexibility index (Phi) is 5.88. The van der Waals surface area contributed by atoms with Crippen LogP contribution in [-0.4, -0.2) is 28.5 Å². The number of nitrogens with one attached hydrogen (secondary N) is 1. The van der Waals surface area contributed by atoms with E-state index in [1.54, 1.807) is 22.8 Å². The van der Waals surface area contributed by atoms with E-state index < -0.39 is 0 Å². The van der Waals surface area contributed by atoms with Crippen LogP contribution in [-0.2, 0) is 6.54 Å². The Hall–Kier alpha value is -3.93. The van der Waals surface area contributed by atoms with Crippen molar-refractivity contribution in [2.24, 2.45) is 0 Å². The summed E-state index contributed by atoms with van der Waals surface area (Å²) in [6.45, 7) is 6.23. The summed E-state index contributed by atoms with van der Waals surface area (Å²) in [6.07, 6.45) is 2.15. The fourth-order valence-electron chi connectivity index (χ4n) is 4.36. The molecule has 1 aromatic heterocycles. The predicted molar refractivity (Wildman–Crippen MR) is 136 cm³/mol. The van der Waals surface area contributed by atoms with Crippen LogP contribution >= 0.6 is 0 Å². The molecule has 0 bridgehead atoms. The molecule has 3 aromatic carbocycles. The molecule has 0 radical (unpaired) electrons. The SMILES string of the molecule is Cc1ccc(CNC(=O)c2ccc3c(=O)n(-c4ccc(C)cc4)c(N4CCCC4)nc3c2)cc1. The second-order valence-corrected chi connectivity index (χ2v) is 8.98. The van der Waals surface area contributed by atoms with Gasteiger partial charge < -0.3 is 10.2 Å². The van der Waals surface area contributed by atoms with E-state index in [1.807, 2.05) is 62.4 Å². The molecule has 6 heteroatoms. The number of amides is 1. The molecule has 1 N–H and O–H groups in total. The van der Waals surface area contributed by atoms with Gasteiger partial charge >= 0.3 is 0 Å². The second-order valence-electron chi connectivity index (χ2n) is 8.98. The Morgan fingerprint density at radius 1 is 0.912 bits per heavy atom. The molecule has 4 aromatic rings. The maximum absolute atomic E-state index is 13.6. The fourth-order valence-corrected chi connectivity index (χ4v) is 4.36. The van der Waals surface area contributed by atoms with Crippen LogP contribution in [0, 0.1) is 13.8 Å². The Labute approximate surface area is 198 Å². The Morgan fingerprint density at radius 2 is 1.56 bits per heavy atom. The number of anilines is 1. The van der Waals surface area contributed by atoms with Crippen molar-refractivity contribution in [3.63, 3.8) is 0 Å². The first-order valence-corrected chi connectivity index (χ1v) is 11.7. The third-order valence-electron chi connectivity index (χ3n) is 6.37. The van der Waals surface area contributed by atoms with Crippen molar-refractivity contribution in [3.05, 3.63) is 99.3 Å². The number of carbonyl (C=O) groups excluding carboxylic acids is 1. The highest BCUT2D eigenvalue weighted by Crippen LogP contribution is 2.24. The van der Waals surface area contributed by atoms with Crippen LogP contribution < -0.4 is 15.8 Å². The molecule has 0 aliphatic carbocycles. The van der Waals surface area contributed by atoms with Crippen LogP contribution in [0.25, 0.3) is 16.6 Å². The maximum atomic E-state index is 13.6. The number of aromatic nitrogens is 2. The van der Waals surface area contributed by atoms with Crippen molar-refractivity contribution in [2.75, 3.05) is 18.0 Å². The molecule has 5 rings (SSSR count). The van der Waals surface area contributed by atoms with Gasteiger partial charge in [-0.2, -0.15) is 0 Å². The number of nitrogens with zero attached hydrogens (tertiary/aromatic N) is 3. The van der Waals surface area contributed by atoms with Crippen molar-refractivity contribution in [1.82, 2.24) is 14.9 Å². The zero-order valence-corrected chi connectivity index (χ0v) is 19.5. The van der Waals surface area contributed by atoms with Gasteiger partial charge in [-0.25, -0.2) is 9.55 Å². The molecule has 0 spiro atoms. The van der Waals surface area contributed by atoms with Crippen LogP contribution in [0.5, 0.6) is 0 Å². The number of benzene rings is 3. The molecule has 1 amide bonds. The first kappa shape index (κ1) is 21.9. The number of rotatable bonds is 5. The van der Waals surface area contributed by atoms with Gasteiger partial charge in [0.2, 0.25) is 5.95 Å². The van der Waals surface area contributed by atoms with Crippen molar-refractivity contribution in [2.45, 2.75) is 33.2 Å². The first-order chi connectivity index (χ1) is 16.5. The zero-order valence-electron chi connectivity index (χ0n) is 19.5. The summed E-state index contributed by atoms with van der Waals surface area (Å²) in [6, 6.07) is 21.1. The monoisotopic (exact) mass is 452 g/mol. The van der Waals surface area contributed by atoms with Gasteiger partial charge in [0.25, 0.3) is 11.5 Å². The number of carbonyl (C=O) groups is 1. The highest BCUT2D eigenvalue weighted by Gasteiger charge is 2.21. The first-order valence-electron chi connectivity index (χ1n) is 11.7. The maximum Gasteiger partial charge on any atom is 0.267 e. The molecule has 0 saturated carbocycles. The summed E-state index contributed by atoms with van der Waals surface area (Å²) in [4.78, 5) is 33.5. The smallest absolute Gasteiger partial charge is 0.267 e. The van der Waals surface area contributed by atoms with E-state index in [1.165, 1.54) is 5.56 Å². The van der Waals surface area contributed by atoms with E-state index in [0.29, 0.717) is 29.0 Å². The summed E-state index contributed by atoms with van der Waals surface area (Å²) < 4.78 is 1.70. The van der Waals surface area contributed by atoms with Crippen molar-refractivity contribution >= 4 is 22.8 Å². The molecule has 2 heterocycles. The molecule has 172 valence electrons. The summed E-state index contributed by atoms with van der Waals surface area (Å²) in [5, 5.41) is 3.46. The van der Waals surface area contributed by atoms with Crippen LogP contribution in [0.15, 0.2) is 71.5 Å². The number of hydrogen-bond acceptors (Lipinski definition) is 4. The summed E-state index contributed by atoms with van der Waals surface area (Å²) in [5.74, 6) is 0.450. The Balaban J connectivity index is 1.52. The molecule has 1 aliphatic rings. The number of aryl methyl sites for hydroxylation is 2. The third-order valence-corrected chi connectivity index (χ3v) is 6.37. The van der Waals surface area contributed by atoms with E-state index >= 15 is 0 Å². The van der Waals surface area contributed by atoms with E-state index in [2.05, 4.69) is 10.2 Å². The predicted octanol–water partition coefficient (Wildman–Crippen LogP) is 4.53. The van der Waals surface area contributed by atoms with Gasteiger partial charge in [-0.05, 0) is 62.6 Å². The lowest BCUT2D eigenvalue weighted by Crippen LogP contribution is -2.30. The highest BCUT2D eigenvalue weighted by molar-refractivity contribution is 5.97. The molecule has 1 saturated heterocycles. The Morgan fingerprint density at radius 3 is 2.24 bits per heavy atom. The average molecular weight is 453 g/mol. The van der Waals surface area contributed by atoms with Gasteiger partial charge in [0.1, 0.15) is 0 Å². The standard InChI is InChI=1S/C28H28N4O2/c1-19-5-9-21(10-6-19)18-29-26(33)22-11-14-24-25(17-22)30-28(31-15-3-4-16-31)32(27(24)34)23-12-7-20(2)8-13-23/h5-14,17H,3-4,15-16,18H2,1-2H3,(H,29,33). The van der Waals surface area contributed by atoms with Crippen molar-refractivity contribution in [1.29, 1.82) is 0 Å². The minimum atomic E-state index is -0.185. The summed E-state index contributed by atoms with van der Waals surface area (Å²) >= 11 is 0. The average Bonchev–Trinajstić information content (AvgIpc) is 3.39. The molecule has 0 atom stereocenters. The zero-order chi connectivity index (χ0) is 23.7. The largest absolute Gasteiger partial charge is 0.348 e. The van der Waals surface area contributed by atoms with Gasteiger partial charge in [-0.15, -0.1) is 0 Å². The third kappa shape index (κ3) is 4.31. The number of hydrogen-bond donors (Lipinski definition) is 1. The van der Waals surface area contributed by atoms with Crippen LogP contribution in [0.4, 0.5) is 5.95 Å². The molecule has 6 nitrogen and oxygen atoms in total. The molecule has 1 aliphatic heterocycles. The van der Waals surface area contributed by atoms with Crippen molar-refractivity contribution in [3.8, 4) is 5.69 Å². The van der Waals surface area contributed by atoms with E-state index in [-0.39, 0.29) is 11.5 Å². The van der Waals surface area contributed by atoms with Crippen LogP contribution in [0.2, 0.25) is 0 Å².